The van der Waals surface area contributed by atoms with Gasteiger partial charge in [-0.15, -0.1) is 23.2 Å². The Bertz CT molecular complexity index is 2530. The Kier molecular flexibility index (Phi) is 18.3. The molecule has 0 aliphatic rings. The quantitative estimate of drug-likeness (QED) is 0.0333. The average Bonchev–Trinajstić information content (AvgIpc) is 3.29. The Hall–Kier alpha value is -6.72. The molecule has 5 aromatic carbocycles. The summed E-state index contributed by atoms with van der Waals surface area (Å²) in [6.45, 7) is 5.88. The molecule has 0 bridgehead atoms. The van der Waals surface area contributed by atoms with Crippen molar-refractivity contribution < 1.29 is 38.2 Å². The fraction of sp³-hybridized carbons (Fsp3) is 0.217. The molecule has 66 heavy (non-hydrogen) atoms. The van der Waals surface area contributed by atoms with E-state index in [9.17, 15) is 28.8 Å². The van der Waals surface area contributed by atoms with Crippen LogP contribution >= 0.6 is 46.4 Å². The average molecular weight is 977 g/mol. The zero-order valence-electron chi connectivity index (χ0n) is 35.8. The summed E-state index contributed by atoms with van der Waals surface area (Å²) in [7, 11) is 0. The minimum absolute atomic E-state index is 0.0453. The lowest BCUT2D eigenvalue weighted by Crippen LogP contribution is -2.32. The standard InChI is InChI=1S/C46H42Cl4N8O8/c1-5-65-39-21-38(54-46(64)42(26(4)60)58-56-30-16-18-34(50)32(20-30)44(62)52-36-14-10-8-12-28(36)24-48)40(66-6-2)22-37(39)53-45(63)41(25(3)59)57-55-29-15-17-33(49)31(19-29)43(61)51-35-13-9-7-11-27(35)23-47/h7-22,41-42H,5-6,23-24H2,1-4H3,(H,51,61)(H,52,62)(H,53,63)(H,54,64). The van der Waals surface area contributed by atoms with Crippen LogP contribution in [0.25, 0.3) is 0 Å². The second-order valence-corrected chi connectivity index (χ2v) is 15.3. The van der Waals surface area contributed by atoms with Crippen LogP contribution in [0.15, 0.2) is 118 Å². The number of nitrogens with one attached hydrogen (secondary N) is 4. The van der Waals surface area contributed by atoms with Crippen molar-refractivity contribution in [1.29, 1.82) is 0 Å². The molecule has 0 fully saturated rings. The predicted octanol–water partition coefficient (Wildman–Crippen LogP) is 11.1. The molecule has 0 spiro atoms. The number of halogens is 4. The van der Waals surface area contributed by atoms with Crippen molar-refractivity contribution in [2.45, 2.75) is 51.5 Å². The number of alkyl halides is 2. The number of carbonyl (C=O) groups is 6. The number of benzene rings is 5. The van der Waals surface area contributed by atoms with E-state index in [1.807, 2.05) is 0 Å². The van der Waals surface area contributed by atoms with Gasteiger partial charge in [0.2, 0.25) is 12.1 Å². The van der Waals surface area contributed by atoms with Crippen molar-refractivity contribution in [2.75, 3.05) is 34.5 Å². The molecule has 5 aromatic rings. The number of nitrogens with zero attached hydrogens (tertiary/aromatic N) is 4. The van der Waals surface area contributed by atoms with E-state index < -0.39 is 47.3 Å². The number of ether oxygens (including phenoxy) is 2. The predicted molar refractivity (Wildman–Crippen MR) is 255 cm³/mol. The van der Waals surface area contributed by atoms with Gasteiger partial charge in [-0.05, 0) is 87.4 Å². The maximum atomic E-state index is 13.7. The van der Waals surface area contributed by atoms with E-state index in [1.54, 1.807) is 62.4 Å². The van der Waals surface area contributed by atoms with E-state index in [2.05, 4.69) is 41.7 Å². The summed E-state index contributed by atoms with van der Waals surface area (Å²) in [5.41, 5.74) is 2.81. The van der Waals surface area contributed by atoms with Crippen LogP contribution in [-0.4, -0.2) is 60.5 Å². The molecule has 5 rings (SSSR count). The van der Waals surface area contributed by atoms with E-state index in [4.69, 9.17) is 55.9 Å². The normalized spacial score (nSPS) is 12.0. The van der Waals surface area contributed by atoms with Crippen LogP contribution in [0, 0.1) is 0 Å². The SMILES string of the molecule is CCOc1cc(NC(=O)C(N=Nc2ccc(Cl)c(C(=O)Nc3ccccc3CCl)c2)C(C)=O)c(OCC)cc1NC(=O)C(N=Nc1ccc(Cl)c(C(=O)Nc2ccccc2CCl)c1)C(C)=O. The van der Waals surface area contributed by atoms with Gasteiger partial charge in [0, 0.05) is 35.3 Å². The molecule has 16 nitrogen and oxygen atoms in total. The first-order valence-corrected chi connectivity index (χ1v) is 21.9. The first kappa shape index (κ1) is 50.3. The first-order chi connectivity index (χ1) is 31.7. The third-order valence-corrected chi connectivity index (χ3v) is 10.5. The number of ketones is 2. The largest absolute Gasteiger partial charge is 0.492 e. The Balaban J connectivity index is 1.34. The van der Waals surface area contributed by atoms with Crippen molar-refractivity contribution in [3.05, 3.63) is 129 Å². The van der Waals surface area contributed by atoms with Crippen molar-refractivity contribution in [3.63, 3.8) is 0 Å². The molecule has 0 saturated carbocycles. The molecule has 2 unspecified atom stereocenters. The fourth-order valence-corrected chi connectivity index (χ4v) is 6.86. The number of para-hydroxylation sites is 2. The molecule has 0 aliphatic heterocycles. The van der Waals surface area contributed by atoms with Gasteiger partial charge in [-0.3, -0.25) is 28.8 Å². The number of hydrogen-bond donors (Lipinski definition) is 4. The Morgan fingerprint density at radius 2 is 0.909 bits per heavy atom. The summed E-state index contributed by atoms with van der Waals surface area (Å²) in [5.74, 6) is -3.79. The highest BCUT2D eigenvalue weighted by molar-refractivity contribution is 6.35. The van der Waals surface area contributed by atoms with Gasteiger partial charge in [-0.2, -0.15) is 20.5 Å². The summed E-state index contributed by atoms with van der Waals surface area (Å²) >= 11 is 24.7. The molecule has 0 aromatic heterocycles. The van der Waals surface area contributed by atoms with Gasteiger partial charge in [0.1, 0.15) is 11.5 Å². The molecular formula is C46H42Cl4N8O8. The Morgan fingerprint density at radius 1 is 0.530 bits per heavy atom. The van der Waals surface area contributed by atoms with Gasteiger partial charge in [0.25, 0.3) is 23.6 Å². The molecule has 0 saturated heterocycles. The molecule has 4 N–H and O–H groups in total. The minimum Gasteiger partial charge on any atom is -0.492 e. The van der Waals surface area contributed by atoms with Crippen molar-refractivity contribution in [2.24, 2.45) is 20.5 Å². The van der Waals surface area contributed by atoms with E-state index >= 15 is 0 Å². The summed E-state index contributed by atoms with van der Waals surface area (Å²) in [4.78, 5) is 79.2. The lowest BCUT2D eigenvalue weighted by Gasteiger charge is -2.19. The number of hydrogen-bond acceptors (Lipinski definition) is 12. The molecule has 342 valence electrons. The second-order valence-electron chi connectivity index (χ2n) is 14.0. The van der Waals surface area contributed by atoms with Crippen molar-refractivity contribution in [3.8, 4) is 11.5 Å². The zero-order chi connectivity index (χ0) is 47.9. The maximum absolute atomic E-state index is 13.7. The third-order valence-electron chi connectivity index (χ3n) is 9.25. The van der Waals surface area contributed by atoms with Crippen LogP contribution in [0.1, 0.15) is 59.5 Å². The number of anilines is 4. The first-order valence-electron chi connectivity index (χ1n) is 20.0. The van der Waals surface area contributed by atoms with Gasteiger partial charge >= 0.3 is 0 Å². The highest BCUT2D eigenvalue weighted by atomic mass is 35.5. The third kappa shape index (κ3) is 13.2. The van der Waals surface area contributed by atoms with E-state index in [0.717, 1.165) is 13.8 Å². The number of Topliss-reactive ketones (excluding diaryl/α,β-unsaturated/α-hetero) is 2. The summed E-state index contributed by atoms with van der Waals surface area (Å²) in [6.07, 6.45) is 0. The van der Waals surface area contributed by atoms with Crippen LogP contribution < -0.4 is 30.7 Å². The van der Waals surface area contributed by atoms with E-state index in [-0.39, 0.29) is 80.4 Å². The molecule has 20 heteroatoms. The number of amides is 4. The summed E-state index contributed by atoms with van der Waals surface area (Å²) in [6, 6.07) is 21.8. The lowest BCUT2D eigenvalue weighted by atomic mass is 10.1. The molecule has 0 heterocycles. The van der Waals surface area contributed by atoms with Gasteiger partial charge in [-0.25, -0.2) is 0 Å². The number of carbonyl (C=O) groups excluding carboxylic acids is 6. The Morgan fingerprint density at radius 3 is 1.26 bits per heavy atom. The lowest BCUT2D eigenvalue weighted by molar-refractivity contribution is -0.127. The maximum Gasteiger partial charge on any atom is 0.258 e. The smallest absolute Gasteiger partial charge is 0.258 e. The summed E-state index contributed by atoms with van der Waals surface area (Å²) in [5, 5.41) is 27.2. The number of rotatable bonds is 20. The fourth-order valence-electron chi connectivity index (χ4n) is 5.99. The molecule has 0 radical (unpaired) electrons. The van der Waals surface area contributed by atoms with E-state index in [1.165, 1.54) is 48.5 Å². The molecular weight excluding hydrogens is 934 g/mol. The van der Waals surface area contributed by atoms with E-state index in [0.29, 0.717) is 22.5 Å². The highest BCUT2D eigenvalue weighted by Gasteiger charge is 2.28. The van der Waals surface area contributed by atoms with Gasteiger partial charge in [0.05, 0.1) is 57.1 Å². The minimum atomic E-state index is -1.65. The molecule has 2 atom stereocenters. The number of azo groups is 2. The van der Waals surface area contributed by atoms with Crippen LogP contribution in [0.2, 0.25) is 10.0 Å². The van der Waals surface area contributed by atoms with Gasteiger partial charge in [0.15, 0.2) is 11.6 Å². The van der Waals surface area contributed by atoms with Crippen LogP contribution in [0.4, 0.5) is 34.1 Å². The van der Waals surface area contributed by atoms with Crippen LogP contribution in [0.3, 0.4) is 0 Å². The van der Waals surface area contributed by atoms with Gasteiger partial charge in [-0.1, -0.05) is 59.6 Å². The topological polar surface area (TPSA) is 218 Å². The summed E-state index contributed by atoms with van der Waals surface area (Å²) < 4.78 is 11.6. The monoisotopic (exact) mass is 974 g/mol. The highest BCUT2D eigenvalue weighted by Crippen LogP contribution is 2.38. The van der Waals surface area contributed by atoms with Crippen molar-refractivity contribution >= 4 is 116 Å². The van der Waals surface area contributed by atoms with Gasteiger partial charge < -0.3 is 30.7 Å². The van der Waals surface area contributed by atoms with Crippen LogP contribution in [0.5, 0.6) is 11.5 Å². The molecule has 4 amide bonds. The Labute approximate surface area is 399 Å². The van der Waals surface area contributed by atoms with Crippen LogP contribution in [-0.2, 0) is 30.9 Å². The van der Waals surface area contributed by atoms with Crippen molar-refractivity contribution in [1.82, 2.24) is 0 Å². The molecule has 0 aliphatic carbocycles. The zero-order valence-corrected chi connectivity index (χ0v) is 38.8. The second kappa shape index (κ2) is 24.0.